The van der Waals surface area contributed by atoms with Gasteiger partial charge in [0.25, 0.3) is 0 Å². The summed E-state index contributed by atoms with van der Waals surface area (Å²) in [5.74, 6) is 3.12. The van der Waals surface area contributed by atoms with E-state index in [1.807, 2.05) is 23.1 Å². The minimum Gasteiger partial charge on any atom is -0.317 e. The highest BCUT2D eigenvalue weighted by Crippen LogP contribution is 2.36. The Kier molecular flexibility index (Phi) is 4.62. The van der Waals surface area contributed by atoms with Crippen LogP contribution >= 0.6 is 23.1 Å². The Morgan fingerprint density at radius 3 is 2.81 bits per heavy atom. The average molecular weight is 325 g/mol. The van der Waals surface area contributed by atoms with Crippen LogP contribution in [0.5, 0.6) is 0 Å². The summed E-state index contributed by atoms with van der Waals surface area (Å²) in [6.45, 7) is 6.51. The van der Waals surface area contributed by atoms with E-state index in [1.54, 1.807) is 0 Å². The predicted octanol–water partition coefficient (Wildman–Crippen LogP) is 3.41. The van der Waals surface area contributed by atoms with Gasteiger partial charge in [-0.25, -0.2) is 0 Å². The van der Waals surface area contributed by atoms with E-state index < -0.39 is 0 Å². The molecule has 3 heterocycles. The van der Waals surface area contributed by atoms with Crippen LogP contribution < -0.4 is 5.32 Å². The third-order valence-corrected chi connectivity index (χ3v) is 6.42. The normalized spacial score (nSPS) is 29.8. The van der Waals surface area contributed by atoms with Crippen molar-refractivity contribution in [2.75, 3.05) is 11.5 Å². The van der Waals surface area contributed by atoms with Gasteiger partial charge in [0.05, 0.1) is 6.04 Å². The molecule has 1 amide bonds. The Bertz CT molecular complexity index is 508. The van der Waals surface area contributed by atoms with E-state index >= 15 is 0 Å². The maximum absolute atomic E-state index is 12.9. The third-order valence-electron chi connectivity index (χ3n) is 4.23. The lowest BCUT2D eigenvalue weighted by Crippen LogP contribution is -2.40. The second kappa shape index (κ2) is 6.31. The smallest absolute Gasteiger partial charge is 0.241 e. The second-order valence-corrected chi connectivity index (χ2v) is 8.93. The number of carbonyl (C=O) groups excluding carboxylic acids is 1. The van der Waals surface area contributed by atoms with Crippen LogP contribution in [0.1, 0.15) is 42.6 Å². The number of rotatable bonds is 4. The average Bonchev–Trinajstić information content (AvgIpc) is 3.11. The second-order valence-electron chi connectivity index (χ2n) is 6.46. The quantitative estimate of drug-likeness (QED) is 0.921. The molecule has 0 aromatic carbocycles. The molecule has 3 rings (SSSR count). The molecule has 1 aromatic heterocycles. The molecular formula is C16H24N2OS2. The number of aryl methyl sites for hydroxylation is 1. The van der Waals surface area contributed by atoms with E-state index in [1.165, 1.54) is 15.5 Å². The summed E-state index contributed by atoms with van der Waals surface area (Å²) in [5.41, 5.74) is 0. The van der Waals surface area contributed by atoms with Crippen LogP contribution in [0.2, 0.25) is 0 Å². The predicted molar refractivity (Wildman–Crippen MR) is 90.8 cm³/mol. The molecular weight excluding hydrogens is 300 g/mol. The van der Waals surface area contributed by atoms with Crippen LogP contribution in [-0.4, -0.2) is 34.4 Å². The molecule has 2 aliphatic heterocycles. The lowest BCUT2D eigenvalue weighted by molar-refractivity contribution is -0.132. The van der Waals surface area contributed by atoms with Crippen LogP contribution in [0.15, 0.2) is 12.1 Å². The zero-order valence-electron chi connectivity index (χ0n) is 13.0. The molecule has 2 saturated heterocycles. The van der Waals surface area contributed by atoms with Crippen LogP contribution in [-0.2, 0) is 4.79 Å². The molecule has 3 nitrogen and oxygen atoms in total. The molecule has 116 valence electrons. The summed E-state index contributed by atoms with van der Waals surface area (Å²) < 4.78 is 0. The SMILES string of the molecule is Cc1ccc(C2NC(CC(C)C)C(=O)N2C2CCSC2)s1. The molecule has 3 unspecified atom stereocenters. The molecule has 1 N–H and O–H groups in total. The van der Waals surface area contributed by atoms with Crippen molar-refractivity contribution in [2.24, 2.45) is 5.92 Å². The molecule has 2 aliphatic rings. The molecule has 1 aromatic rings. The van der Waals surface area contributed by atoms with E-state index in [2.05, 4.69) is 43.1 Å². The summed E-state index contributed by atoms with van der Waals surface area (Å²) in [6.07, 6.45) is 2.15. The Morgan fingerprint density at radius 1 is 1.43 bits per heavy atom. The number of carbonyl (C=O) groups is 1. The largest absolute Gasteiger partial charge is 0.317 e. The fourth-order valence-corrected chi connectivity index (χ4v) is 5.38. The zero-order chi connectivity index (χ0) is 15.0. The van der Waals surface area contributed by atoms with Gasteiger partial charge >= 0.3 is 0 Å². The Labute approximate surface area is 135 Å². The van der Waals surface area contributed by atoms with Gasteiger partial charge in [-0.2, -0.15) is 11.8 Å². The number of hydrogen-bond donors (Lipinski definition) is 1. The first-order chi connectivity index (χ1) is 10.1. The van der Waals surface area contributed by atoms with E-state index in [0.717, 1.165) is 18.6 Å². The first kappa shape index (κ1) is 15.4. The topological polar surface area (TPSA) is 32.3 Å². The van der Waals surface area contributed by atoms with E-state index in [4.69, 9.17) is 0 Å². The van der Waals surface area contributed by atoms with Crippen molar-refractivity contribution in [1.29, 1.82) is 0 Å². The van der Waals surface area contributed by atoms with Crippen molar-refractivity contribution in [3.05, 3.63) is 21.9 Å². The van der Waals surface area contributed by atoms with Crippen LogP contribution in [0, 0.1) is 12.8 Å². The molecule has 0 radical (unpaired) electrons. The molecule has 0 saturated carbocycles. The number of thiophene rings is 1. The lowest BCUT2D eigenvalue weighted by atomic mass is 10.0. The number of thioether (sulfide) groups is 1. The van der Waals surface area contributed by atoms with Crippen molar-refractivity contribution in [2.45, 2.75) is 51.9 Å². The van der Waals surface area contributed by atoms with Crippen molar-refractivity contribution in [3.63, 3.8) is 0 Å². The maximum Gasteiger partial charge on any atom is 0.241 e. The monoisotopic (exact) mass is 324 g/mol. The van der Waals surface area contributed by atoms with Gasteiger partial charge in [0, 0.05) is 21.5 Å². The first-order valence-corrected chi connectivity index (χ1v) is 9.75. The van der Waals surface area contributed by atoms with Crippen LogP contribution in [0.4, 0.5) is 0 Å². The van der Waals surface area contributed by atoms with Gasteiger partial charge in [-0.05, 0) is 43.6 Å². The van der Waals surface area contributed by atoms with Crippen LogP contribution in [0.3, 0.4) is 0 Å². The third kappa shape index (κ3) is 3.15. The van der Waals surface area contributed by atoms with Crippen molar-refractivity contribution in [3.8, 4) is 0 Å². The molecule has 0 spiro atoms. The molecule has 21 heavy (non-hydrogen) atoms. The molecule has 2 fully saturated rings. The van der Waals surface area contributed by atoms with Gasteiger partial charge < -0.3 is 4.90 Å². The molecule has 5 heteroatoms. The number of nitrogens with one attached hydrogen (secondary N) is 1. The summed E-state index contributed by atoms with van der Waals surface area (Å²) in [7, 11) is 0. The van der Waals surface area contributed by atoms with Crippen LogP contribution in [0.25, 0.3) is 0 Å². The zero-order valence-corrected chi connectivity index (χ0v) is 14.6. The van der Waals surface area contributed by atoms with Crippen molar-refractivity contribution >= 4 is 29.0 Å². The van der Waals surface area contributed by atoms with Gasteiger partial charge in [-0.1, -0.05) is 13.8 Å². The summed E-state index contributed by atoms with van der Waals surface area (Å²) >= 11 is 3.78. The summed E-state index contributed by atoms with van der Waals surface area (Å²) in [5, 5.41) is 3.61. The maximum atomic E-state index is 12.9. The van der Waals surface area contributed by atoms with Gasteiger partial charge in [-0.3, -0.25) is 10.1 Å². The Morgan fingerprint density at radius 2 is 2.24 bits per heavy atom. The van der Waals surface area contributed by atoms with Gasteiger partial charge in [-0.15, -0.1) is 11.3 Å². The summed E-state index contributed by atoms with van der Waals surface area (Å²) in [4.78, 5) is 17.6. The highest BCUT2D eigenvalue weighted by atomic mass is 32.2. The van der Waals surface area contributed by atoms with Gasteiger partial charge in [0.1, 0.15) is 6.17 Å². The molecule has 3 atom stereocenters. The van der Waals surface area contributed by atoms with Crippen molar-refractivity contribution < 1.29 is 4.79 Å². The van der Waals surface area contributed by atoms with E-state index in [0.29, 0.717) is 17.9 Å². The Balaban J connectivity index is 1.86. The number of nitrogens with zero attached hydrogens (tertiary/aromatic N) is 1. The van der Waals surface area contributed by atoms with Gasteiger partial charge in [0.2, 0.25) is 5.91 Å². The fraction of sp³-hybridized carbons (Fsp3) is 0.688. The van der Waals surface area contributed by atoms with Gasteiger partial charge in [0.15, 0.2) is 0 Å². The standard InChI is InChI=1S/C16H24N2OS2/c1-10(2)8-13-16(19)18(12-6-7-20-9-12)15(17-13)14-5-4-11(3)21-14/h4-5,10,12-13,15,17H,6-9H2,1-3H3. The number of hydrogen-bond acceptors (Lipinski definition) is 4. The minimum absolute atomic E-state index is 0.0111. The molecule has 0 aliphatic carbocycles. The number of amides is 1. The van der Waals surface area contributed by atoms with E-state index in [-0.39, 0.29) is 12.2 Å². The fourth-order valence-electron chi connectivity index (χ4n) is 3.24. The highest BCUT2D eigenvalue weighted by molar-refractivity contribution is 7.99. The highest BCUT2D eigenvalue weighted by Gasteiger charge is 2.44. The van der Waals surface area contributed by atoms with E-state index in [9.17, 15) is 4.79 Å². The first-order valence-electron chi connectivity index (χ1n) is 7.78. The Hall–Kier alpha value is -0.520. The minimum atomic E-state index is -0.0111. The molecule has 0 bridgehead atoms. The lowest BCUT2D eigenvalue weighted by Gasteiger charge is -2.29. The van der Waals surface area contributed by atoms with Crippen molar-refractivity contribution in [1.82, 2.24) is 10.2 Å². The summed E-state index contributed by atoms with van der Waals surface area (Å²) in [6, 6.07) is 4.73.